The van der Waals surface area contributed by atoms with Gasteiger partial charge in [-0.15, -0.1) is 0 Å². The third kappa shape index (κ3) is 8.49. The highest BCUT2D eigenvalue weighted by atomic mass is 32.2. The van der Waals surface area contributed by atoms with Gasteiger partial charge in [0.15, 0.2) is 0 Å². The van der Waals surface area contributed by atoms with Crippen molar-refractivity contribution in [3.63, 3.8) is 0 Å². The van der Waals surface area contributed by atoms with E-state index in [-0.39, 0.29) is 5.41 Å². The van der Waals surface area contributed by atoms with Gasteiger partial charge in [-0.25, -0.2) is 0 Å². The van der Waals surface area contributed by atoms with Crippen LogP contribution in [0, 0.1) is 11.3 Å². The predicted octanol–water partition coefficient (Wildman–Crippen LogP) is 3.53. The van der Waals surface area contributed by atoms with Gasteiger partial charge in [0.1, 0.15) is 0 Å². The maximum absolute atomic E-state index is 3.27. The summed E-state index contributed by atoms with van der Waals surface area (Å²) in [4.78, 5) is 0. The van der Waals surface area contributed by atoms with Crippen LogP contribution in [-0.4, -0.2) is 18.6 Å². The fourth-order valence-corrected chi connectivity index (χ4v) is 2.15. The van der Waals surface area contributed by atoms with E-state index in [0.29, 0.717) is 0 Å². The molecule has 0 atom stereocenters. The lowest BCUT2D eigenvalue weighted by molar-refractivity contribution is 0.536. The van der Waals surface area contributed by atoms with Crippen LogP contribution in [0.25, 0.3) is 0 Å². The molecule has 0 spiro atoms. The van der Waals surface area contributed by atoms with Crippen LogP contribution in [0.3, 0.4) is 0 Å². The molecular formula is C12H25NS. The van der Waals surface area contributed by atoms with Crippen molar-refractivity contribution in [1.82, 2.24) is 5.32 Å². The van der Waals surface area contributed by atoms with Crippen molar-refractivity contribution in [2.75, 3.05) is 18.6 Å². The van der Waals surface area contributed by atoms with Gasteiger partial charge in [0.25, 0.3) is 0 Å². The Morgan fingerprint density at radius 1 is 1.36 bits per heavy atom. The van der Waals surface area contributed by atoms with E-state index in [0.717, 1.165) is 11.7 Å². The van der Waals surface area contributed by atoms with E-state index in [1.54, 1.807) is 0 Å². The lowest BCUT2D eigenvalue weighted by atomic mass is 9.95. The molecule has 0 heterocycles. The molecule has 14 heavy (non-hydrogen) atoms. The second-order valence-corrected chi connectivity index (χ2v) is 6.22. The Morgan fingerprint density at radius 3 is 2.29 bits per heavy atom. The Labute approximate surface area is 93.7 Å². The van der Waals surface area contributed by atoms with Gasteiger partial charge in [-0.05, 0) is 17.1 Å². The number of nitrogens with one attached hydrogen (secondary N) is 1. The molecule has 84 valence electrons. The molecule has 0 aromatic carbocycles. The number of thioether (sulfide) groups is 1. The molecule has 2 heteroatoms. The van der Waals surface area contributed by atoms with E-state index >= 15 is 0 Å². The maximum atomic E-state index is 3.27. The van der Waals surface area contributed by atoms with Crippen molar-refractivity contribution in [2.45, 2.75) is 34.6 Å². The Kier molecular flexibility index (Phi) is 6.34. The van der Waals surface area contributed by atoms with Crippen LogP contribution in [0.4, 0.5) is 0 Å². The van der Waals surface area contributed by atoms with Crippen LogP contribution in [-0.2, 0) is 0 Å². The van der Waals surface area contributed by atoms with Gasteiger partial charge in [-0.2, -0.15) is 11.8 Å². The van der Waals surface area contributed by atoms with Crippen molar-refractivity contribution >= 4 is 11.8 Å². The zero-order valence-electron chi connectivity index (χ0n) is 10.5. The van der Waals surface area contributed by atoms with Gasteiger partial charge in [-0.3, -0.25) is 0 Å². The molecule has 0 aliphatic carbocycles. The number of hydrogen-bond acceptors (Lipinski definition) is 2. The van der Waals surface area contributed by atoms with Crippen LogP contribution in [0.15, 0.2) is 11.8 Å². The molecule has 0 aromatic heterocycles. The van der Waals surface area contributed by atoms with Crippen molar-refractivity contribution in [2.24, 2.45) is 11.3 Å². The van der Waals surface area contributed by atoms with Crippen molar-refractivity contribution in [3.8, 4) is 0 Å². The average molecular weight is 215 g/mol. The first-order valence-electron chi connectivity index (χ1n) is 5.32. The zero-order chi connectivity index (χ0) is 11.2. The number of allylic oxidation sites excluding steroid dienone is 1. The lowest BCUT2D eigenvalue weighted by Gasteiger charge is -2.16. The monoisotopic (exact) mass is 215 g/mol. The Bertz CT molecular complexity index is 177. The van der Waals surface area contributed by atoms with Crippen LogP contribution >= 0.6 is 11.8 Å². The summed E-state index contributed by atoms with van der Waals surface area (Å²) in [6.45, 7) is 11.2. The van der Waals surface area contributed by atoms with Gasteiger partial charge in [0, 0.05) is 18.5 Å². The molecule has 1 N–H and O–H groups in total. The first kappa shape index (κ1) is 13.9. The predicted molar refractivity (Wildman–Crippen MR) is 68.8 cm³/mol. The topological polar surface area (TPSA) is 12.0 Å². The summed E-state index contributed by atoms with van der Waals surface area (Å²) < 4.78 is 0. The van der Waals surface area contributed by atoms with Crippen LogP contribution < -0.4 is 5.32 Å². The second-order valence-electron chi connectivity index (χ2n) is 5.19. The highest BCUT2D eigenvalue weighted by molar-refractivity contribution is 7.99. The molecule has 0 aliphatic heterocycles. The molecule has 0 radical (unpaired) electrons. The van der Waals surface area contributed by atoms with Crippen LogP contribution in [0.1, 0.15) is 34.6 Å². The molecule has 0 fully saturated rings. The summed E-state index contributed by atoms with van der Waals surface area (Å²) in [5.74, 6) is 3.13. The summed E-state index contributed by atoms with van der Waals surface area (Å²) in [6.07, 6.45) is 2.32. The van der Waals surface area contributed by atoms with Gasteiger partial charge in [-0.1, -0.05) is 40.7 Å². The maximum Gasteiger partial charge on any atom is 0.0329 e. The minimum atomic E-state index is 0.275. The van der Waals surface area contributed by atoms with E-state index in [9.17, 15) is 0 Å². The normalized spacial score (nSPS) is 13.5. The highest BCUT2D eigenvalue weighted by Crippen LogP contribution is 2.19. The quantitative estimate of drug-likeness (QED) is 0.753. The van der Waals surface area contributed by atoms with Gasteiger partial charge in [0.05, 0.1) is 0 Å². The summed E-state index contributed by atoms with van der Waals surface area (Å²) in [5.41, 5.74) is 1.62. The minimum Gasteiger partial charge on any atom is -0.391 e. The lowest BCUT2D eigenvalue weighted by Crippen LogP contribution is -2.13. The first-order valence-corrected chi connectivity index (χ1v) is 6.48. The third-order valence-corrected chi connectivity index (χ3v) is 3.05. The fraction of sp³-hybridized carbons (Fsp3) is 0.833. The van der Waals surface area contributed by atoms with Gasteiger partial charge >= 0.3 is 0 Å². The molecule has 0 unspecified atom stereocenters. The van der Waals surface area contributed by atoms with Crippen molar-refractivity contribution in [1.29, 1.82) is 0 Å². The van der Waals surface area contributed by atoms with E-state index in [2.05, 4.69) is 46.0 Å². The van der Waals surface area contributed by atoms with Crippen LogP contribution in [0.5, 0.6) is 0 Å². The summed E-state index contributed by atoms with van der Waals surface area (Å²) in [6, 6.07) is 0. The molecule has 0 saturated heterocycles. The summed E-state index contributed by atoms with van der Waals surface area (Å²) >= 11 is 2.00. The SMILES string of the molecule is CN/C(=C\C(C)(C)C)CSCC(C)C. The zero-order valence-corrected chi connectivity index (χ0v) is 11.3. The molecule has 0 bridgehead atoms. The molecule has 0 aliphatic rings. The molecular weight excluding hydrogens is 190 g/mol. The molecule has 0 rings (SSSR count). The average Bonchev–Trinajstić information content (AvgIpc) is 1.99. The van der Waals surface area contributed by atoms with Gasteiger partial charge < -0.3 is 5.32 Å². The molecule has 1 nitrogen and oxygen atoms in total. The third-order valence-electron chi connectivity index (χ3n) is 1.64. The van der Waals surface area contributed by atoms with E-state index in [4.69, 9.17) is 0 Å². The Balaban J connectivity index is 3.98. The van der Waals surface area contributed by atoms with E-state index in [1.807, 2.05) is 18.8 Å². The largest absolute Gasteiger partial charge is 0.391 e. The standard InChI is InChI=1S/C12H25NS/c1-10(2)8-14-9-11(13-6)7-12(3,4)5/h7,10,13H,8-9H2,1-6H3/b11-7-. The molecule has 0 aromatic rings. The Morgan fingerprint density at radius 2 is 1.93 bits per heavy atom. The van der Waals surface area contributed by atoms with E-state index in [1.165, 1.54) is 11.4 Å². The van der Waals surface area contributed by atoms with Crippen molar-refractivity contribution in [3.05, 3.63) is 11.8 Å². The van der Waals surface area contributed by atoms with Crippen molar-refractivity contribution < 1.29 is 0 Å². The highest BCUT2D eigenvalue weighted by Gasteiger charge is 2.07. The minimum absolute atomic E-state index is 0.275. The Hall–Kier alpha value is -0.110. The smallest absolute Gasteiger partial charge is 0.0329 e. The van der Waals surface area contributed by atoms with E-state index < -0.39 is 0 Å². The number of rotatable bonds is 5. The molecule has 0 saturated carbocycles. The first-order chi connectivity index (χ1) is 6.35. The summed E-state index contributed by atoms with van der Waals surface area (Å²) in [5, 5.41) is 3.27. The number of hydrogen-bond donors (Lipinski definition) is 1. The van der Waals surface area contributed by atoms with Crippen LogP contribution in [0.2, 0.25) is 0 Å². The fourth-order valence-electron chi connectivity index (χ4n) is 1.11. The summed E-state index contributed by atoms with van der Waals surface area (Å²) in [7, 11) is 2.01. The molecule has 0 amide bonds. The second kappa shape index (κ2) is 6.39. The van der Waals surface area contributed by atoms with Gasteiger partial charge in [0.2, 0.25) is 0 Å².